The molecule has 11 heavy (non-hydrogen) atoms. The quantitative estimate of drug-likeness (QED) is 0.620. The van der Waals surface area contributed by atoms with Crippen LogP contribution < -0.4 is 0 Å². The number of aryl methyl sites for hydroxylation is 2. The summed E-state index contributed by atoms with van der Waals surface area (Å²) in [5, 5.41) is 3.86. The normalized spacial score (nSPS) is 10.0. The highest BCUT2D eigenvalue weighted by atomic mass is 16.5. The van der Waals surface area contributed by atoms with Crippen LogP contribution in [0.25, 0.3) is 0 Å². The fourth-order valence-electron chi connectivity index (χ4n) is 1.11. The van der Waals surface area contributed by atoms with Crippen LogP contribution in [-0.2, 0) is 6.42 Å². The van der Waals surface area contributed by atoms with Gasteiger partial charge in [0.15, 0.2) is 0 Å². The Balaban J connectivity index is 2.74. The molecule has 60 valence electrons. The number of allylic oxidation sites excluding steroid dienone is 1. The van der Waals surface area contributed by atoms with Crippen molar-refractivity contribution in [3.05, 3.63) is 29.7 Å². The van der Waals surface area contributed by atoms with Gasteiger partial charge >= 0.3 is 0 Å². The number of hydrogen-bond donors (Lipinski definition) is 0. The van der Waals surface area contributed by atoms with Gasteiger partial charge in [-0.1, -0.05) is 11.2 Å². The molecule has 2 nitrogen and oxygen atoms in total. The monoisotopic (exact) mass is 151 g/mol. The van der Waals surface area contributed by atoms with Crippen molar-refractivity contribution < 1.29 is 4.52 Å². The number of rotatable bonds is 3. The molecule has 0 spiro atoms. The lowest BCUT2D eigenvalue weighted by Crippen LogP contribution is -1.86. The summed E-state index contributed by atoms with van der Waals surface area (Å²) in [7, 11) is 0. The molecule has 0 N–H and O–H groups in total. The first-order valence-corrected chi connectivity index (χ1v) is 3.78. The summed E-state index contributed by atoms with van der Waals surface area (Å²) < 4.78 is 5.01. The lowest BCUT2D eigenvalue weighted by Gasteiger charge is -1.93. The Kier molecular flexibility index (Phi) is 2.47. The van der Waals surface area contributed by atoms with Crippen LogP contribution in [0.1, 0.15) is 23.4 Å². The molecule has 0 unspecified atom stereocenters. The molecule has 0 saturated heterocycles. The average Bonchev–Trinajstić information content (AvgIpc) is 2.29. The number of aromatic nitrogens is 1. The van der Waals surface area contributed by atoms with Crippen LogP contribution in [-0.4, -0.2) is 5.16 Å². The Labute approximate surface area is 66.9 Å². The van der Waals surface area contributed by atoms with E-state index in [1.807, 2.05) is 19.9 Å². The molecule has 0 radical (unpaired) electrons. The smallest absolute Gasteiger partial charge is 0.137 e. The molecule has 0 aromatic carbocycles. The van der Waals surface area contributed by atoms with Gasteiger partial charge < -0.3 is 4.52 Å². The van der Waals surface area contributed by atoms with Crippen molar-refractivity contribution in [2.24, 2.45) is 0 Å². The van der Waals surface area contributed by atoms with Gasteiger partial charge in [-0.2, -0.15) is 0 Å². The maximum atomic E-state index is 5.01. The van der Waals surface area contributed by atoms with Crippen LogP contribution in [0.4, 0.5) is 0 Å². The van der Waals surface area contributed by atoms with E-state index in [4.69, 9.17) is 4.52 Å². The van der Waals surface area contributed by atoms with Gasteiger partial charge in [0.25, 0.3) is 0 Å². The van der Waals surface area contributed by atoms with Crippen LogP contribution in [0.3, 0.4) is 0 Å². The lowest BCUT2D eigenvalue weighted by atomic mass is 10.1. The third-order valence-electron chi connectivity index (χ3n) is 1.78. The molecule has 0 aliphatic rings. The number of hydrogen-bond acceptors (Lipinski definition) is 2. The molecule has 1 heterocycles. The Hall–Kier alpha value is -1.05. The van der Waals surface area contributed by atoms with Crippen molar-refractivity contribution in [2.75, 3.05) is 0 Å². The van der Waals surface area contributed by atoms with E-state index in [0.717, 1.165) is 24.3 Å². The van der Waals surface area contributed by atoms with E-state index in [1.165, 1.54) is 5.56 Å². The predicted octanol–water partition coefficient (Wildman–Crippen LogP) is 2.41. The molecular formula is C9H13NO. The Morgan fingerprint density at radius 1 is 1.55 bits per heavy atom. The van der Waals surface area contributed by atoms with Crippen LogP contribution in [0, 0.1) is 13.8 Å². The average molecular weight is 151 g/mol. The van der Waals surface area contributed by atoms with Crippen molar-refractivity contribution in [1.82, 2.24) is 5.16 Å². The minimum atomic E-state index is 0.935. The molecule has 0 saturated carbocycles. The van der Waals surface area contributed by atoms with E-state index in [1.54, 1.807) is 0 Å². The molecule has 0 bridgehead atoms. The third-order valence-corrected chi connectivity index (χ3v) is 1.78. The number of nitrogens with zero attached hydrogens (tertiary/aromatic N) is 1. The maximum absolute atomic E-state index is 5.01. The van der Waals surface area contributed by atoms with Gasteiger partial charge in [0, 0.05) is 5.56 Å². The first kappa shape index (κ1) is 8.05. The molecular weight excluding hydrogens is 138 g/mol. The molecule has 0 aliphatic heterocycles. The van der Waals surface area contributed by atoms with Gasteiger partial charge in [-0.3, -0.25) is 0 Å². The van der Waals surface area contributed by atoms with E-state index >= 15 is 0 Å². The zero-order valence-electron chi connectivity index (χ0n) is 7.05. The highest BCUT2D eigenvalue weighted by Gasteiger charge is 2.06. The van der Waals surface area contributed by atoms with Crippen LogP contribution >= 0.6 is 0 Å². The Bertz CT molecular complexity index is 231. The molecule has 1 aromatic rings. The van der Waals surface area contributed by atoms with Crippen LogP contribution in [0.2, 0.25) is 0 Å². The highest BCUT2D eigenvalue weighted by Crippen LogP contribution is 2.13. The van der Waals surface area contributed by atoms with E-state index in [2.05, 4.69) is 11.7 Å². The predicted molar refractivity (Wildman–Crippen MR) is 44.5 cm³/mol. The summed E-state index contributed by atoms with van der Waals surface area (Å²) in [6.07, 6.45) is 3.89. The second-order valence-electron chi connectivity index (χ2n) is 2.63. The van der Waals surface area contributed by atoms with E-state index in [9.17, 15) is 0 Å². The first-order valence-electron chi connectivity index (χ1n) is 3.78. The van der Waals surface area contributed by atoms with Crippen molar-refractivity contribution in [2.45, 2.75) is 26.7 Å². The summed E-state index contributed by atoms with van der Waals surface area (Å²) >= 11 is 0. The fourth-order valence-corrected chi connectivity index (χ4v) is 1.11. The van der Waals surface area contributed by atoms with E-state index in [-0.39, 0.29) is 0 Å². The topological polar surface area (TPSA) is 26.0 Å². The first-order chi connectivity index (χ1) is 5.25. The summed E-state index contributed by atoms with van der Waals surface area (Å²) in [4.78, 5) is 0. The lowest BCUT2D eigenvalue weighted by molar-refractivity contribution is 0.392. The van der Waals surface area contributed by atoms with Crippen LogP contribution in [0.5, 0.6) is 0 Å². The third kappa shape index (κ3) is 1.70. The van der Waals surface area contributed by atoms with E-state index in [0.29, 0.717) is 0 Å². The summed E-state index contributed by atoms with van der Waals surface area (Å²) in [6.45, 7) is 7.58. The summed E-state index contributed by atoms with van der Waals surface area (Å²) in [6, 6.07) is 0. The molecule has 0 amide bonds. The molecule has 0 atom stereocenters. The van der Waals surface area contributed by atoms with Gasteiger partial charge in [-0.05, 0) is 26.7 Å². The summed E-state index contributed by atoms with van der Waals surface area (Å²) in [5.74, 6) is 0.935. The van der Waals surface area contributed by atoms with Crippen molar-refractivity contribution >= 4 is 0 Å². The van der Waals surface area contributed by atoms with Crippen molar-refractivity contribution in [3.8, 4) is 0 Å². The Morgan fingerprint density at radius 2 is 2.27 bits per heavy atom. The molecule has 2 heteroatoms. The SMILES string of the molecule is C=CCCc1c(C)noc1C. The molecule has 0 aliphatic carbocycles. The van der Waals surface area contributed by atoms with Crippen LogP contribution in [0.15, 0.2) is 17.2 Å². The van der Waals surface area contributed by atoms with Gasteiger partial charge in [0.05, 0.1) is 5.69 Å². The van der Waals surface area contributed by atoms with Gasteiger partial charge in [-0.15, -0.1) is 6.58 Å². The fraction of sp³-hybridized carbons (Fsp3) is 0.444. The minimum absolute atomic E-state index is 0.935. The van der Waals surface area contributed by atoms with Gasteiger partial charge in [0.2, 0.25) is 0 Å². The zero-order valence-corrected chi connectivity index (χ0v) is 7.05. The molecule has 1 rings (SSSR count). The second-order valence-corrected chi connectivity index (χ2v) is 2.63. The molecule has 0 fully saturated rings. The standard InChI is InChI=1S/C9H13NO/c1-4-5-6-9-7(2)10-11-8(9)3/h4H,1,5-6H2,2-3H3. The van der Waals surface area contributed by atoms with Crippen molar-refractivity contribution in [3.63, 3.8) is 0 Å². The van der Waals surface area contributed by atoms with Crippen molar-refractivity contribution in [1.29, 1.82) is 0 Å². The maximum Gasteiger partial charge on any atom is 0.137 e. The van der Waals surface area contributed by atoms with Gasteiger partial charge in [0.1, 0.15) is 5.76 Å². The Morgan fingerprint density at radius 3 is 2.73 bits per heavy atom. The highest BCUT2D eigenvalue weighted by molar-refractivity contribution is 5.21. The zero-order chi connectivity index (χ0) is 8.27. The largest absolute Gasteiger partial charge is 0.361 e. The summed E-state index contributed by atoms with van der Waals surface area (Å²) in [5.41, 5.74) is 2.23. The minimum Gasteiger partial charge on any atom is -0.361 e. The van der Waals surface area contributed by atoms with Gasteiger partial charge in [-0.25, -0.2) is 0 Å². The second kappa shape index (κ2) is 3.37. The molecule has 1 aromatic heterocycles. The van der Waals surface area contributed by atoms with E-state index < -0.39 is 0 Å².